The van der Waals surface area contributed by atoms with Crippen LogP contribution in [0.5, 0.6) is 0 Å². The van der Waals surface area contributed by atoms with Gasteiger partial charge in [0, 0.05) is 17.7 Å². The predicted octanol–water partition coefficient (Wildman–Crippen LogP) is 5.82. The SMILES string of the molecule is OC1CCC(Nc2nc(Nc3nc4ccccc4s3)cc(C(F)(F)c3ccc(F)cc3)n2)CC1. The summed E-state index contributed by atoms with van der Waals surface area (Å²) in [6.45, 7) is 0. The number of para-hydroxylation sites is 1. The molecule has 5 rings (SSSR count). The van der Waals surface area contributed by atoms with E-state index in [4.69, 9.17) is 0 Å². The molecular formula is C24H22F3N5OS. The zero-order valence-corrected chi connectivity index (χ0v) is 18.8. The first-order valence-electron chi connectivity index (χ1n) is 11.0. The van der Waals surface area contributed by atoms with Crippen LogP contribution in [0.2, 0.25) is 0 Å². The molecule has 176 valence electrons. The second-order valence-corrected chi connectivity index (χ2v) is 9.34. The van der Waals surface area contributed by atoms with Crippen LogP contribution in [0.4, 0.5) is 30.1 Å². The first-order valence-corrected chi connectivity index (χ1v) is 11.8. The molecule has 0 amide bonds. The number of aromatic nitrogens is 3. The molecule has 2 aromatic heterocycles. The van der Waals surface area contributed by atoms with Crippen LogP contribution in [0.3, 0.4) is 0 Å². The van der Waals surface area contributed by atoms with Crippen LogP contribution in [0.25, 0.3) is 10.2 Å². The van der Waals surface area contributed by atoms with Crippen LogP contribution >= 0.6 is 11.3 Å². The summed E-state index contributed by atoms with van der Waals surface area (Å²) in [5.74, 6) is -3.84. The van der Waals surface area contributed by atoms with Crippen LogP contribution in [-0.2, 0) is 5.92 Å². The largest absolute Gasteiger partial charge is 0.393 e. The maximum absolute atomic E-state index is 15.4. The van der Waals surface area contributed by atoms with Crippen molar-refractivity contribution < 1.29 is 18.3 Å². The van der Waals surface area contributed by atoms with E-state index in [-0.39, 0.29) is 29.5 Å². The number of anilines is 3. The van der Waals surface area contributed by atoms with Crippen LogP contribution in [0.15, 0.2) is 54.6 Å². The lowest BCUT2D eigenvalue weighted by Crippen LogP contribution is -2.29. The van der Waals surface area contributed by atoms with E-state index in [2.05, 4.69) is 25.6 Å². The van der Waals surface area contributed by atoms with Crippen molar-refractivity contribution in [3.63, 3.8) is 0 Å². The maximum atomic E-state index is 15.4. The van der Waals surface area contributed by atoms with E-state index in [9.17, 15) is 9.50 Å². The fourth-order valence-corrected chi connectivity index (χ4v) is 4.85. The molecule has 0 atom stereocenters. The Balaban J connectivity index is 1.49. The number of hydrogen-bond acceptors (Lipinski definition) is 7. The van der Waals surface area contributed by atoms with E-state index in [1.165, 1.54) is 17.4 Å². The summed E-state index contributed by atoms with van der Waals surface area (Å²) >= 11 is 1.39. The molecule has 0 radical (unpaired) electrons. The van der Waals surface area contributed by atoms with Crippen molar-refractivity contribution in [1.29, 1.82) is 0 Å². The third kappa shape index (κ3) is 4.83. The molecular weight excluding hydrogens is 463 g/mol. The Morgan fingerprint density at radius 3 is 2.41 bits per heavy atom. The maximum Gasteiger partial charge on any atom is 0.315 e. The number of halogens is 3. The first kappa shape index (κ1) is 22.5. The van der Waals surface area contributed by atoms with Gasteiger partial charge in [0.05, 0.1) is 16.3 Å². The summed E-state index contributed by atoms with van der Waals surface area (Å²) in [5.41, 5.74) is -0.0960. The van der Waals surface area contributed by atoms with Crippen molar-refractivity contribution in [2.75, 3.05) is 10.6 Å². The van der Waals surface area contributed by atoms with Gasteiger partial charge in [-0.2, -0.15) is 13.8 Å². The Morgan fingerprint density at radius 2 is 1.68 bits per heavy atom. The molecule has 10 heteroatoms. The van der Waals surface area contributed by atoms with Crippen LogP contribution in [0.1, 0.15) is 36.9 Å². The van der Waals surface area contributed by atoms with Crippen molar-refractivity contribution >= 4 is 38.5 Å². The lowest BCUT2D eigenvalue weighted by Gasteiger charge is -2.26. The Bertz CT molecular complexity index is 1260. The summed E-state index contributed by atoms with van der Waals surface area (Å²) in [6.07, 6.45) is 2.28. The molecule has 34 heavy (non-hydrogen) atoms. The van der Waals surface area contributed by atoms with Crippen molar-refractivity contribution in [2.24, 2.45) is 0 Å². The minimum Gasteiger partial charge on any atom is -0.393 e. The summed E-state index contributed by atoms with van der Waals surface area (Å²) in [7, 11) is 0. The molecule has 0 unspecified atom stereocenters. The van der Waals surface area contributed by atoms with E-state index in [0.29, 0.717) is 30.8 Å². The van der Waals surface area contributed by atoms with Gasteiger partial charge in [-0.25, -0.2) is 14.4 Å². The predicted molar refractivity (Wildman–Crippen MR) is 126 cm³/mol. The average Bonchev–Trinajstić information content (AvgIpc) is 3.23. The molecule has 0 aliphatic heterocycles. The molecule has 2 aromatic carbocycles. The van der Waals surface area contributed by atoms with Gasteiger partial charge in [0.15, 0.2) is 5.13 Å². The number of aliphatic hydroxyl groups is 1. The Labute approximate surface area is 197 Å². The highest BCUT2D eigenvalue weighted by Gasteiger charge is 2.37. The molecule has 0 bridgehead atoms. The van der Waals surface area contributed by atoms with Crippen molar-refractivity contribution in [3.05, 3.63) is 71.7 Å². The van der Waals surface area contributed by atoms with E-state index < -0.39 is 17.4 Å². The van der Waals surface area contributed by atoms with Crippen LogP contribution in [-0.4, -0.2) is 32.2 Å². The topological polar surface area (TPSA) is 83.0 Å². The Hall–Kier alpha value is -3.24. The molecule has 4 aromatic rings. The van der Waals surface area contributed by atoms with Gasteiger partial charge < -0.3 is 15.7 Å². The third-order valence-electron chi connectivity index (χ3n) is 5.81. The standard InChI is InChI=1S/C24H22F3N5OS/c25-15-7-5-14(6-8-15)24(26,27)20-13-21(32-23-29-18-3-1-2-4-19(18)34-23)31-22(30-20)28-16-9-11-17(33)12-10-16/h1-8,13,16-17,33H,9-12H2,(H2,28,29,30,31,32). The average molecular weight is 486 g/mol. The molecule has 1 fully saturated rings. The summed E-state index contributed by atoms with van der Waals surface area (Å²) in [4.78, 5) is 13.0. The molecule has 0 spiro atoms. The van der Waals surface area contributed by atoms with Gasteiger partial charge in [-0.1, -0.05) is 23.5 Å². The van der Waals surface area contributed by atoms with Crippen molar-refractivity contribution in [1.82, 2.24) is 15.0 Å². The number of fused-ring (bicyclic) bond motifs is 1. The van der Waals surface area contributed by atoms with Gasteiger partial charge in [-0.15, -0.1) is 0 Å². The minimum atomic E-state index is -3.47. The normalized spacial score (nSPS) is 18.7. The summed E-state index contributed by atoms with van der Waals surface area (Å²) in [5, 5.41) is 16.5. The van der Waals surface area contributed by atoms with Gasteiger partial charge >= 0.3 is 5.92 Å². The fraction of sp³-hybridized carbons (Fsp3) is 0.292. The molecule has 1 aliphatic rings. The molecule has 1 saturated carbocycles. The number of rotatable bonds is 6. The summed E-state index contributed by atoms with van der Waals surface area (Å²) < 4.78 is 45.1. The van der Waals surface area contributed by atoms with Gasteiger partial charge in [0.2, 0.25) is 5.95 Å². The third-order valence-corrected chi connectivity index (χ3v) is 6.77. The summed E-state index contributed by atoms with van der Waals surface area (Å²) in [6, 6.07) is 12.8. The van der Waals surface area contributed by atoms with Crippen molar-refractivity contribution in [2.45, 2.75) is 43.8 Å². The molecule has 2 heterocycles. The number of nitrogens with zero attached hydrogens (tertiary/aromatic N) is 3. The number of hydrogen-bond donors (Lipinski definition) is 3. The van der Waals surface area contributed by atoms with E-state index in [0.717, 1.165) is 34.5 Å². The second-order valence-electron chi connectivity index (χ2n) is 8.30. The molecule has 1 aliphatic carbocycles. The van der Waals surface area contributed by atoms with E-state index in [1.807, 2.05) is 24.3 Å². The highest BCUT2D eigenvalue weighted by atomic mass is 32.1. The minimum absolute atomic E-state index is 0.0339. The number of benzene rings is 2. The first-order chi connectivity index (χ1) is 16.4. The highest BCUT2D eigenvalue weighted by Crippen LogP contribution is 2.37. The lowest BCUT2D eigenvalue weighted by molar-refractivity contribution is 0.0380. The number of alkyl halides is 2. The smallest absolute Gasteiger partial charge is 0.315 e. The number of thiazole rings is 1. The van der Waals surface area contributed by atoms with Gasteiger partial charge in [-0.3, -0.25) is 0 Å². The van der Waals surface area contributed by atoms with Crippen LogP contribution in [0, 0.1) is 5.82 Å². The zero-order chi connectivity index (χ0) is 23.7. The van der Waals surface area contributed by atoms with Crippen molar-refractivity contribution in [3.8, 4) is 0 Å². The quantitative estimate of drug-likeness (QED) is 0.319. The van der Waals surface area contributed by atoms with Gasteiger partial charge in [-0.05, 0) is 62.1 Å². The number of aliphatic hydroxyl groups excluding tert-OH is 1. The molecule has 6 nitrogen and oxygen atoms in total. The lowest BCUT2D eigenvalue weighted by atomic mass is 9.93. The molecule has 0 saturated heterocycles. The second kappa shape index (κ2) is 9.19. The van der Waals surface area contributed by atoms with Gasteiger partial charge in [0.1, 0.15) is 17.3 Å². The Morgan fingerprint density at radius 1 is 0.941 bits per heavy atom. The molecule has 3 N–H and O–H groups in total. The monoisotopic (exact) mass is 485 g/mol. The van der Waals surface area contributed by atoms with Crippen LogP contribution < -0.4 is 10.6 Å². The van der Waals surface area contributed by atoms with E-state index in [1.54, 1.807) is 0 Å². The zero-order valence-electron chi connectivity index (χ0n) is 18.0. The fourth-order valence-electron chi connectivity index (χ4n) is 3.98. The Kier molecular flexibility index (Phi) is 6.09. The van der Waals surface area contributed by atoms with E-state index >= 15 is 8.78 Å². The highest BCUT2D eigenvalue weighted by molar-refractivity contribution is 7.22. The van der Waals surface area contributed by atoms with Gasteiger partial charge in [0.25, 0.3) is 0 Å². The number of nitrogens with one attached hydrogen (secondary N) is 2.